The number of rotatable bonds is 6. The summed E-state index contributed by atoms with van der Waals surface area (Å²) in [4.78, 5) is 0. The number of hydrogen-bond donors (Lipinski definition) is 1. The number of nitrogens with one attached hydrogen (secondary N) is 1. The van der Waals surface area contributed by atoms with Crippen LogP contribution in [0.25, 0.3) is 0 Å². The van der Waals surface area contributed by atoms with Crippen molar-refractivity contribution in [2.45, 2.75) is 46.2 Å². The van der Waals surface area contributed by atoms with Crippen molar-refractivity contribution in [1.82, 2.24) is 20.3 Å². The molecule has 0 spiro atoms. The van der Waals surface area contributed by atoms with Crippen molar-refractivity contribution in [3.8, 4) is 0 Å². The van der Waals surface area contributed by atoms with Gasteiger partial charge in [0, 0.05) is 12.6 Å². The molecule has 1 heterocycles. The fourth-order valence-corrected chi connectivity index (χ4v) is 1.45. The maximum absolute atomic E-state index is 4.06. The van der Waals surface area contributed by atoms with E-state index in [-0.39, 0.29) is 0 Å². The predicted octanol–water partition coefficient (Wildman–Crippen LogP) is 1.75. The van der Waals surface area contributed by atoms with Gasteiger partial charge < -0.3 is 5.32 Å². The summed E-state index contributed by atoms with van der Waals surface area (Å²) in [6.07, 6.45) is 4.10. The lowest BCUT2D eigenvalue weighted by atomic mass is 10.2. The van der Waals surface area contributed by atoms with Crippen LogP contribution in [-0.4, -0.2) is 21.5 Å². The summed E-state index contributed by atoms with van der Waals surface area (Å²) >= 11 is 0. The van der Waals surface area contributed by atoms with Crippen LogP contribution in [0.1, 0.15) is 45.3 Å². The topological polar surface area (TPSA) is 42.7 Å². The number of aryl methyl sites for hydroxylation is 1. The summed E-state index contributed by atoms with van der Waals surface area (Å²) in [5.74, 6) is 0. The molecule has 0 amide bonds. The van der Waals surface area contributed by atoms with Gasteiger partial charge in [0.1, 0.15) is 0 Å². The predicted molar refractivity (Wildman–Crippen MR) is 57.0 cm³/mol. The van der Waals surface area contributed by atoms with Gasteiger partial charge in [0.05, 0.1) is 11.9 Å². The molecule has 4 heteroatoms. The summed E-state index contributed by atoms with van der Waals surface area (Å²) in [5.41, 5.74) is 1.18. The maximum Gasteiger partial charge on any atom is 0.0753 e. The van der Waals surface area contributed by atoms with Gasteiger partial charge in [0.15, 0.2) is 0 Å². The summed E-state index contributed by atoms with van der Waals surface area (Å²) in [5, 5.41) is 11.4. The van der Waals surface area contributed by atoms with Crippen molar-refractivity contribution in [3.63, 3.8) is 0 Å². The third-order valence-electron chi connectivity index (χ3n) is 2.23. The lowest BCUT2D eigenvalue weighted by molar-refractivity contribution is 0.489. The van der Waals surface area contributed by atoms with Gasteiger partial charge in [-0.2, -0.15) is 0 Å². The van der Waals surface area contributed by atoms with Crippen LogP contribution in [0.15, 0.2) is 6.20 Å². The molecule has 1 rings (SSSR count). The van der Waals surface area contributed by atoms with Crippen LogP contribution in [-0.2, 0) is 6.54 Å². The molecule has 0 saturated heterocycles. The average molecular weight is 196 g/mol. The van der Waals surface area contributed by atoms with Crippen LogP contribution in [0.2, 0.25) is 0 Å². The fraction of sp³-hybridized carbons (Fsp3) is 0.800. The zero-order valence-corrected chi connectivity index (χ0v) is 9.32. The average Bonchev–Trinajstić information content (AvgIpc) is 2.63. The second-order valence-electron chi connectivity index (χ2n) is 3.56. The molecule has 0 aliphatic heterocycles. The van der Waals surface area contributed by atoms with Crippen LogP contribution >= 0.6 is 0 Å². The molecule has 0 radical (unpaired) electrons. The molecule has 0 aliphatic carbocycles. The molecule has 0 saturated carbocycles. The van der Waals surface area contributed by atoms with Gasteiger partial charge >= 0.3 is 0 Å². The van der Waals surface area contributed by atoms with Crippen molar-refractivity contribution in [2.75, 3.05) is 6.54 Å². The van der Waals surface area contributed by atoms with Gasteiger partial charge in [-0.3, -0.25) is 0 Å². The molecule has 4 nitrogen and oxygen atoms in total. The largest absolute Gasteiger partial charge is 0.309 e. The molecule has 0 aliphatic rings. The summed E-state index contributed by atoms with van der Waals surface area (Å²) in [7, 11) is 0. The van der Waals surface area contributed by atoms with Crippen molar-refractivity contribution in [3.05, 3.63) is 11.9 Å². The minimum atomic E-state index is 0.344. The third-order valence-corrected chi connectivity index (χ3v) is 2.23. The van der Waals surface area contributed by atoms with E-state index in [1.165, 1.54) is 5.69 Å². The fourth-order valence-electron chi connectivity index (χ4n) is 1.45. The highest BCUT2D eigenvalue weighted by molar-refractivity contribution is 5.00. The molecule has 1 atom stereocenters. The van der Waals surface area contributed by atoms with Crippen LogP contribution in [0, 0.1) is 0 Å². The lowest BCUT2D eigenvalue weighted by Gasteiger charge is -2.13. The Balaban J connectivity index is 2.58. The van der Waals surface area contributed by atoms with Gasteiger partial charge in [0.2, 0.25) is 0 Å². The molecular weight excluding hydrogens is 176 g/mol. The van der Waals surface area contributed by atoms with Crippen molar-refractivity contribution in [2.24, 2.45) is 0 Å². The zero-order chi connectivity index (χ0) is 10.4. The molecule has 1 aromatic rings. The number of nitrogens with zero attached hydrogens (tertiary/aromatic N) is 3. The monoisotopic (exact) mass is 196 g/mol. The van der Waals surface area contributed by atoms with Crippen LogP contribution < -0.4 is 5.32 Å². The van der Waals surface area contributed by atoms with E-state index < -0.39 is 0 Å². The van der Waals surface area contributed by atoms with Gasteiger partial charge in [-0.25, -0.2) is 4.68 Å². The minimum absolute atomic E-state index is 0.344. The molecule has 1 unspecified atom stereocenters. The Bertz CT molecular complexity index is 256. The van der Waals surface area contributed by atoms with Gasteiger partial charge in [-0.1, -0.05) is 19.1 Å². The number of aromatic nitrogens is 3. The molecule has 0 bridgehead atoms. The van der Waals surface area contributed by atoms with E-state index in [1.54, 1.807) is 0 Å². The van der Waals surface area contributed by atoms with Gasteiger partial charge in [0.25, 0.3) is 0 Å². The highest BCUT2D eigenvalue weighted by Crippen LogP contribution is 2.10. The second-order valence-corrected chi connectivity index (χ2v) is 3.56. The normalized spacial score (nSPS) is 13.1. The SMILES string of the molecule is CCCNC(C)c1cnnn1CCC. The molecular formula is C10H20N4. The molecule has 14 heavy (non-hydrogen) atoms. The summed E-state index contributed by atoms with van der Waals surface area (Å²) in [6, 6.07) is 0.344. The second kappa shape index (κ2) is 5.75. The Morgan fingerprint density at radius 3 is 2.86 bits per heavy atom. The standard InChI is InChI=1S/C10H20N4/c1-4-6-11-9(3)10-8-12-13-14(10)7-5-2/h8-9,11H,4-7H2,1-3H3. The van der Waals surface area contributed by atoms with Crippen molar-refractivity contribution in [1.29, 1.82) is 0 Å². The van der Waals surface area contributed by atoms with Crippen LogP contribution in [0.5, 0.6) is 0 Å². The quantitative estimate of drug-likeness (QED) is 0.753. The zero-order valence-electron chi connectivity index (χ0n) is 9.32. The van der Waals surface area contributed by atoms with E-state index in [4.69, 9.17) is 0 Å². The molecule has 80 valence electrons. The maximum atomic E-state index is 4.06. The first-order chi connectivity index (χ1) is 6.79. The van der Waals surface area contributed by atoms with E-state index in [0.29, 0.717) is 6.04 Å². The van der Waals surface area contributed by atoms with E-state index in [1.807, 2.05) is 10.9 Å². The first-order valence-corrected chi connectivity index (χ1v) is 5.41. The Morgan fingerprint density at radius 2 is 2.21 bits per heavy atom. The number of hydrogen-bond acceptors (Lipinski definition) is 3. The summed E-state index contributed by atoms with van der Waals surface area (Å²) < 4.78 is 1.98. The summed E-state index contributed by atoms with van der Waals surface area (Å²) in [6.45, 7) is 8.46. The highest BCUT2D eigenvalue weighted by Gasteiger charge is 2.10. The van der Waals surface area contributed by atoms with Crippen LogP contribution in [0.4, 0.5) is 0 Å². The Morgan fingerprint density at radius 1 is 1.43 bits per heavy atom. The van der Waals surface area contributed by atoms with E-state index in [2.05, 4.69) is 36.4 Å². The Labute approximate surface area is 85.7 Å². The Hall–Kier alpha value is -0.900. The Kier molecular flexibility index (Phi) is 4.59. The molecule has 0 aromatic carbocycles. The van der Waals surface area contributed by atoms with E-state index >= 15 is 0 Å². The van der Waals surface area contributed by atoms with E-state index in [0.717, 1.165) is 25.9 Å². The van der Waals surface area contributed by atoms with Crippen LogP contribution in [0.3, 0.4) is 0 Å². The van der Waals surface area contributed by atoms with Crippen molar-refractivity contribution < 1.29 is 0 Å². The van der Waals surface area contributed by atoms with Gasteiger partial charge in [-0.05, 0) is 26.3 Å². The smallest absolute Gasteiger partial charge is 0.0753 e. The molecule has 1 N–H and O–H groups in total. The van der Waals surface area contributed by atoms with Crippen molar-refractivity contribution >= 4 is 0 Å². The van der Waals surface area contributed by atoms with Gasteiger partial charge in [-0.15, -0.1) is 5.10 Å². The first-order valence-electron chi connectivity index (χ1n) is 5.41. The first kappa shape index (κ1) is 11.2. The third kappa shape index (κ3) is 2.80. The highest BCUT2D eigenvalue weighted by atomic mass is 15.4. The molecule has 0 fully saturated rings. The lowest BCUT2D eigenvalue weighted by Crippen LogP contribution is -2.22. The molecule has 1 aromatic heterocycles. The minimum Gasteiger partial charge on any atom is -0.309 e. The van der Waals surface area contributed by atoms with E-state index in [9.17, 15) is 0 Å².